The summed E-state index contributed by atoms with van der Waals surface area (Å²) >= 11 is 1.77. The predicted molar refractivity (Wildman–Crippen MR) is 114 cm³/mol. The molecule has 0 N–H and O–H groups in total. The summed E-state index contributed by atoms with van der Waals surface area (Å²) in [5.74, 6) is 3.81. The van der Waals surface area contributed by atoms with Crippen molar-refractivity contribution in [1.82, 2.24) is 9.38 Å². The van der Waals surface area contributed by atoms with Gasteiger partial charge in [-0.3, -0.25) is 4.40 Å². The van der Waals surface area contributed by atoms with Gasteiger partial charge in [-0.25, -0.2) is 4.98 Å². The lowest BCUT2D eigenvalue weighted by Crippen LogP contribution is -2.31. The smallest absolute Gasteiger partial charge is 0.194 e. The van der Waals surface area contributed by atoms with E-state index in [9.17, 15) is 0 Å². The van der Waals surface area contributed by atoms with E-state index in [1.807, 2.05) is 0 Å². The van der Waals surface area contributed by atoms with Crippen molar-refractivity contribution in [2.45, 2.75) is 57.3 Å². The molecule has 3 aromatic rings. The largest absolute Gasteiger partial charge is 0.496 e. The first-order chi connectivity index (χ1) is 13.6. The van der Waals surface area contributed by atoms with Crippen LogP contribution in [-0.4, -0.2) is 16.5 Å². The molecule has 2 aromatic heterocycles. The average molecular weight is 393 g/mol. The minimum Gasteiger partial charge on any atom is -0.496 e. The Kier molecular flexibility index (Phi) is 3.72. The highest BCUT2D eigenvalue weighted by atomic mass is 32.1. The highest BCUT2D eigenvalue weighted by Gasteiger charge is 2.53. The Morgan fingerprint density at radius 1 is 1.18 bits per heavy atom. The normalized spacial score (nSPS) is 31.4. The van der Waals surface area contributed by atoms with Crippen molar-refractivity contribution in [2.24, 2.45) is 17.8 Å². The SMILES string of the molecule is COc1ccc(-c2csc3nc(C45CC6CCCC(C4)C(C6)C5)cn23)cc1C. The van der Waals surface area contributed by atoms with Crippen LogP contribution in [0.3, 0.4) is 0 Å². The van der Waals surface area contributed by atoms with E-state index in [4.69, 9.17) is 9.72 Å². The Hall–Kier alpha value is -1.81. The Morgan fingerprint density at radius 2 is 2.07 bits per heavy atom. The van der Waals surface area contributed by atoms with Gasteiger partial charge in [-0.05, 0) is 79.7 Å². The number of aromatic nitrogens is 2. The van der Waals surface area contributed by atoms with Gasteiger partial charge in [-0.15, -0.1) is 11.3 Å². The van der Waals surface area contributed by atoms with Gasteiger partial charge in [0.25, 0.3) is 0 Å². The number of benzene rings is 1. The van der Waals surface area contributed by atoms with Crippen LogP contribution in [0.2, 0.25) is 0 Å². The second kappa shape index (κ2) is 6.09. The lowest BCUT2D eigenvalue weighted by molar-refractivity contribution is 0.215. The molecule has 0 aliphatic heterocycles. The Bertz CT molecular complexity index is 1050. The number of ether oxygens (including phenoxy) is 1. The van der Waals surface area contributed by atoms with Crippen LogP contribution < -0.4 is 4.74 Å². The molecule has 4 atom stereocenters. The van der Waals surface area contributed by atoms with Crippen LogP contribution in [0.15, 0.2) is 29.8 Å². The summed E-state index contributed by atoms with van der Waals surface area (Å²) in [6.45, 7) is 2.11. The van der Waals surface area contributed by atoms with Crippen molar-refractivity contribution in [3.63, 3.8) is 0 Å². The van der Waals surface area contributed by atoms with Gasteiger partial charge in [0, 0.05) is 17.0 Å². The molecule has 0 amide bonds. The molecule has 0 saturated heterocycles. The van der Waals surface area contributed by atoms with Gasteiger partial charge in [0.05, 0.1) is 18.5 Å². The van der Waals surface area contributed by atoms with Gasteiger partial charge in [-0.2, -0.15) is 0 Å². The van der Waals surface area contributed by atoms with Crippen molar-refractivity contribution in [2.75, 3.05) is 7.11 Å². The highest BCUT2D eigenvalue weighted by molar-refractivity contribution is 7.15. The fraction of sp³-hybridized carbons (Fsp3) is 0.542. The Balaban J connectivity index is 1.41. The van der Waals surface area contributed by atoms with E-state index in [0.717, 1.165) is 28.5 Å². The number of fused-ring (bicyclic) bond motifs is 3. The van der Waals surface area contributed by atoms with Crippen LogP contribution in [-0.2, 0) is 5.41 Å². The molecule has 3 nitrogen and oxygen atoms in total. The molecule has 3 aliphatic rings. The average Bonchev–Trinajstić information content (AvgIpc) is 3.31. The van der Waals surface area contributed by atoms with Crippen LogP contribution in [0.5, 0.6) is 5.75 Å². The molecule has 146 valence electrons. The predicted octanol–water partition coefficient (Wildman–Crippen LogP) is 6.24. The van der Waals surface area contributed by atoms with Gasteiger partial charge in [0.15, 0.2) is 4.96 Å². The van der Waals surface area contributed by atoms with Crippen molar-refractivity contribution >= 4 is 16.3 Å². The molecule has 3 bridgehead atoms. The molecule has 1 aromatic carbocycles. The maximum absolute atomic E-state index is 5.44. The molecule has 2 heterocycles. The van der Waals surface area contributed by atoms with E-state index in [2.05, 4.69) is 41.1 Å². The van der Waals surface area contributed by atoms with Crippen molar-refractivity contribution in [1.29, 1.82) is 0 Å². The zero-order valence-electron chi connectivity index (χ0n) is 16.8. The number of thiazole rings is 1. The molecule has 0 radical (unpaired) electrons. The number of methoxy groups -OCH3 is 1. The molecule has 4 unspecified atom stereocenters. The van der Waals surface area contributed by atoms with Gasteiger partial charge < -0.3 is 4.74 Å². The number of hydrogen-bond donors (Lipinski definition) is 0. The molecule has 3 fully saturated rings. The van der Waals surface area contributed by atoms with E-state index in [1.165, 1.54) is 67.5 Å². The Morgan fingerprint density at radius 3 is 2.93 bits per heavy atom. The van der Waals surface area contributed by atoms with Gasteiger partial charge in [0.1, 0.15) is 5.75 Å². The summed E-state index contributed by atoms with van der Waals surface area (Å²) in [5.41, 5.74) is 5.42. The molecule has 3 saturated carbocycles. The lowest BCUT2D eigenvalue weighted by Gasteiger charge is -2.36. The first-order valence-corrected chi connectivity index (χ1v) is 11.7. The third-order valence-electron chi connectivity index (χ3n) is 7.92. The third kappa shape index (κ3) is 2.43. The monoisotopic (exact) mass is 392 g/mol. The van der Waals surface area contributed by atoms with E-state index < -0.39 is 0 Å². The first-order valence-electron chi connectivity index (χ1n) is 10.8. The first kappa shape index (κ1) is 17.1. The van der Waals surface area contributed by atoms with Crippen LogP contribution in [0.4, 0.5) is 0 Å². The summed E-state index contributed by atoms with van der Waals surface area (Å²) in [6.07, 6.45) is 12.4. The fourth-order valence-corrected chi connectivity index (χ4v) is 7.63. The van der Waals surface area contributed by atoms with Crippen LogP contribution in [0, 0.1) is 24.7 Å². The second-order valence-corrected chi connectivity index (χ2v) is 10.4. The number of aryl methyl sites for hydroxylation is 1. The molecule has 0 spiro atoms. The Labute approximate surface area is 170 Å². The molecular formula is C24H28N2OS. The van der Waals surface area contributed by atoms with E-state index in [0.29, 0.717) is 5.41 Å². The van der Waals surface area contributed by atoms with Crippen molar-refractivity contribution in [3.8, 4) is 17.0 Å². The van der Waals surface area contributed by atoms with E-state index in [-0.39, 0.29) is 0 Å². The fourth-order valence-electron chi connectivity index (χ4n) is 6.75. The summed E-state index contributed by atoms with van der Waals surface area (Å²) in [5, 5.41) is 2.25. The summed E-state index contributed by atoms with van der Waals surface area (Å²) in [7, 11) is 1.74. The zero-order chi connectivity index (χ0) is 18.9. The maximum Gasteiger partial charge on any atom is 0.194 e. The molecule has 28 heavy (non-hydrogen) atoms. The topological polar surface area (TPSA) is 26.5 Å². The van der Waals surface area contributed by atoms with Crippen LogP contribution in [0.1, 0.15) is 56.2 Å². The lowest BCUT2D eigenvalue weighted by atomic mass is 9.68. The van der Waals surface area contributed by atoms with E-state index in [1.54, 1.807) is 18.4 Å². The maximum atomic E-state index is 5.44. The summed E-state index contributed by atoms with van der Waals surface area (Å²) in [6, 6.07) is 6.48. The third-order valence-corrected chi connectivity index (χ3v) is 8.76. The van der Waals surface area contributed by atoms with E-state index >= 15 is 0 Å². The second-order valence-electron chi connectivity index (χ2n) is 9.53. The number of rotatable bonds is 3. The minimum absolute atomic E-state index is 0.359. The van der Waals surface area contributed by atoms with Gasteiger partial charge in [-0.1, -0.05) is 19.3 Å². The van der Waals surface area contributed by atoms with Crippen LogP contribution >= 0.6 is 11.3 Å². The highest BCUT2D eigenvalue weighted by Crippen LogP contribution is 2.60. The molecule has 6 rings (SSSR count). The van der Waals surface area contributed by atoms with Crippen molar-refractivity contribution in [3.05, 3.63) is 41.0 Å². The van der Waals surface area contributed by atoms with Crippen molar-refractivity contribution < 1.29 is 4.74 Å². The standard InChI is InChI=1S/C24H28N2OS/c1-15-8-17(6-7-21(15)27-2)20-14-28-23-25-22(13-26(20)23)24-10-16-4-3-5-18(11-24)19(9-16)12-24/h6-8,13-14,16,18-19H,3-5,9-12H2,1-2H3. The molecular weight excluding hydrogens is 364 g/mol. The summed E-state index contributed by atoms with van der Waals surface area (Å²) < 4.78 is 7.78. The zero-order valence-corrected chi connectivity index (χ0v) is 17.6. The minimum atomic E-state index is 0.359. The van der Waals surface area contributed by atoms with Gasteiger partial charge >= 0.3 is 0 Å². The molecule has 4 heteroatoms. The number of nitrogens with zero attached hydrogens (tertiary/aromatic N) is 2. The van der Waals surface area contributed by atoms with Crippen LogP contribution in [0.25, 0.3) is 16.2 Å². The molecule has 3 aliphatic carbocycles. The van der Waals surface area contributed by atoms with Gasteiger partial charge in [0.2, 0.25) is 0 Å². The quantitative estimate of drug-likeness (QED) is 0.527. The number of hydrogen-bond acceptors (Lipinski definition) is 3. The number of imidazole rings is 1. The summed E-state index contributed by atoms with van der Waals surface area (Å²) in [4.78, 5) is 6.34.